The van der Waals surface area contributed by atoms with Crippen LogP contribution in [0.25, 0.3) is 0 Å². The van der Waals surface area contributed by atoms with E-state index in [0.29, 0.717) is 14.8 Å². The zero-order valence-electron chi connectivity index (χ0n) is 12.8. The molecule has 0 amide bonds. The third-order valence-electron chi connectivity index (χ3n) is 3.22. The first-order chi connectivity index (χ1) is 12.5. The van der Waals surface area contributed by atoms with Gasteiger partial charge in [0.05, 0.1) is 11.6 Å². The van der Waals surface area contributed by atoms with Crippen LogP contribution in [0.3, 0.4) is 0 Å². The first-order valence-corrected chi connectivity index (χ1v) is 8.19. The molecule has 7 nitrogen and oxygen atoms in total. The van der Waals surface area contributed by atoms with E-state index in [1.165, 1.54) is 0 Å². The molecule has 0 aliphatic rings. The average Bonchev–Trinajstić information content (AvgIpc) is 2.61. The summed E-state index contributed by atoms with van der Waals surface area (Å²) in [6, 6.07) is 10.6. The molecule has 0 unspecified atom stereocenters. The highest BCUT2D eigenvalue weighted by Crippen LogP contribution is 2.24. The topological polar surface area (TPSA) is 106 Å². The van der Waals surface area contributed by atoms with Crippen molar-refractivity contribution in [1.29, 1.82) is 5.26 Å². The molecule has 0 bridgehead atoms. The lowest BCUT2D eigenvalue weighted by Gasteiger charge is -2.09. The maximum atomic E-state index is 13.9. The number of hydrogen-bond acceptors (Lipinski definition) is 6. The van der Waals surface area contributed by atoms with E-state index >= 15 is 0 Å². The van der Waals surface area contributed by atoms with Crippen molar-refractivity contribution < 1.29 is 8.78 Å². The van der Waals surface area contributed by atoms with Gasteiger partial charge in [0.2, 0.25) is 11.8 Å². The molecule has 26 heavy (non-hydrogen) atoms. The summed E-state index contributed by atoms with van der Waals surface area (Å²) in [5.41, 5.74) is -0.0878. The van der Waals surface area contributed by atoms with Crippen LogP contribution in [0.2, 0.25) is 0 Å². The lowest BCUT2D eigenvalue weighted by molar-refractivity contribution is 0.588. The van der Waals surface area contributed by atoms with Crippen molar-refractivity contribution in [2.75, 3.05) is 10.6 Å². The van der Waals surface area contributed by atoms with E-state index in [1.807, 2.05) is 6.07 Å². The number of nitriles is 1. The van der Waals surface area contributed by atoms with Crippen LogP contribution in [-0.4, -0.2) is 15.2 Å². The summed E-state index contributed by atoms with van der Waals surface area (Å²) in [5, 5.41) is 19.8. The summed E-state index contributed by atoms with van der Waals surface area (Å²) in [7, 11) is 0. The molecule has 1 heterocycles. The van der Waals surface area contributed by atoms with Gasteiger partial charge in [0.25, 0.3) is 0 Å². The van der Waals surface area contributed by atoms with Crippen molar-refractivity contribution >= 4 is 45.7 Å². The lowest BCUT2D eigenvalue weighted by Crippen LogP contribution is -2.17. The Balaban J connectivity index is 1.88. The van der Waals surface area contributed by atoms with Gasteiger partial charge in [-0.3, -0.25) is 4.79 Å². The van der Waals surface area contributed by atoms with Crippen LogP contribution in [0, 0.1) is 26.5 Å². The van der Waals surface area contributed by atoms with Gasteiger partial charge in [0, 0.05) is 9.26 Å². The van der Waals surface area contributed by atoms with E-state index < -0.39 is 22.9 Å². The maximum absolute atomic E-state index is 13.9. The molecule has 2 aromatic carbocycles. The van der Waals surface area contributed by atoms with Crippen molar-refractivity contribution in [2.24, 2.45) is 0 Å². The molecule has 0 aliphatic heterocycles. The van der Waals surface area contributed by atoms with Crippen LogP contribution in [0.4, 0.5) is 31.9 Å². The molecule has 0 atom stereocenters. The second-order valence-electron chi connectivity index (χ2n) is 5.02. The number of aromatic amines is 1. The molecular formula is C16H9F2IN6O. The first kappa shape index (κ1) is 17.7. The van der Waals surface area contributed by atoms with Crippen LogP contribution in [0.15, 0.2) is 41.2 Å². The molecule has 0 saturated carbocycles. The predicted octanol–water partition coefficient (Wildman–Crippen LogP) is 3.41. The van der Waals surface area contributed by atoms with Gasteiger partial charge in [0.15, 0.2) is 11.6 Å². The number of H-pyrrole nitrogens is 1. The first-order valence-electron chi connectivity index (χ1n) is 7.12. The third-order valence-corrected chi connectivity index (χ3v) is 3.84. The Kier molecular flexibility index (Phi) is 5.08. The Morgan fingerprint density at radius 2 is 1.77 bits per heavy atom. The van der Waals surface area contributed by atoms with Crippen LogP contribution < -0.4 is 16.2 Å². The fourth-order valence-electron chi connectivity index (χ4n) is 2.02. The minimum absolute atomic E-state index is 0.126. The van der Waals surface area contributed by atoms with Crippen LogP contribution in [-0.2, 0) is 0 Å². The number of anilines is 4. The molecule has 130 valence electrons. The smallest absolute Gasteiger partial charge is 0.307 e. The Morgan fingerprint density at radius 3 is 2.38 bits per heavy atom. The fourth-order valence-corrected chi connectivity index (χ4v) is 2.56. The Labute approximate surface area is 159 Å². The molecule has 0 spiro atoms. The summed E-state index contributed by atoms with van der Waals surface area (Å²) < 4.78 is 28.2. The van der Waals surface area contributed by atoms with Crippen LogP contribution in [0.1, 0.15) is 5.56 Å². The van der Waals surface area contributed by atoms with Gasteiger partial charge < -0.3 is 10.6 Å². The summed E-state index contributed by atoms with van der Waals surface area (Å²) >= 11 is 1.79. The summed E-state index contributed by atoms with van der Waals surface area (Å²) in [5.74, 6) is -1.95. The van der Waals surface area contributed by atoms with Gasteiger partial charge in [-0.05, 0) is 59.0 Å². The van der Waals surface area contributed by atoms with Crippen LogP contribution in [0.5, 0.6) is 0 Å². The molecule has 0 aliphatic carbocycles. The highest BCUT2D eigenvalue weighted by atomic mass is 127. The lowest BCUT2D eigenvalue weighted by atomic mass is 10.2. The van der Waals surface area contributed by atoms with Gasteiger partial charge >= 0.3 is 5.56 Å². The zero-order chi connectivity index (χ0) is 18.7. The number of nitrogens with zero attached hydrogens (tertiary/aromatic N) is 3. The van der Waals surface area contributed by atoms with Gasteiger partial charge in [-0.1, -0.05) is 0 Å². The monoisotopic (exact) mass is 466 g/mol. The normalized spacial score (nSPS) is 10.2. The molecule has 10 heteroatoms. The number of benzene rings is 2. The van der Waals surface area contributed by atoms with Gasteiger partial charge in [0.1, 0.15) is 5.69 Å². The largest absolute Gasteiger partial charge is 0.335 e. The van der Waals surface area contributed by atoms with Crippen molar-refractivity contribution in [3.05, 3.63) is 67.5 Å². The average molecular weight is 466 g/mol. The summed E-state index contributed by atoms with van der Waals surface area (Å²) in [6.07, 6.45) is 0. The van der Waals surface area contributed by atoms with E-state index in [0.717, 1.165) is 12.1 Å². The molecular weight excluding hydrogens is 457 g/mol. The van der Waals surface area contributed by atoms with Gasteiger partial charge in [-0.2, -0.15) is 10.2 Å². The second-order valence-corrected chi connectivity index (χ2v) is 6.27. The Bertz CT molecular complexity index is 1040. The minimum Gasteiger partial charge on any atom is -0.335 e. The number of halogens is 3. The van der Waals surface area contributed by atoms with Crippen molar-refractivity contribution in [2.45, 2.75) is 0 Å². The second kappa shape index (κ2) is 7.44. The summed E-state index contributed by atoms with van der Waals surface area (Å²) in [4.78, 5) is 15.8. The number of nitrogens with one attached hydrogen (secondary N) is 3. The van der Waals surface area contributed by atoms with E-state index in [2.05, 4.69) is 25.8 Å². The molecule has 1 aromatic heterocycles. The fraction of sp³-hybridized carbons (Fsp3) is 0. The van der Waals surface area contributed by atoms with Crippen molar-refractivity contribution in [1.82, 2.24) is 15.2 Å². The molecule has 0 saturated heterocycles. The Hall–Kier alpha value is -3.07. The summed E-state index contributed by atoms with van der Waals surface area (Å²) in [6.45, 7) is 0. The highest BCUT2D eigenvalue weighted by Gasteiger charge is 2.13. The Morgan fingerprint density at radius 1 is 1.12 bits per heavy atom. The highest BCUT2D eigenvalue weighted by molar-refractivity contribution is 14.1. The van der Waals surface area contributed by atoms with E-state index in [1.54, 1.807) is 46.9 Å². The van der Waals surface area contributed by atoms with E-state index in [-0.39, 0.29) is 11.8 Å². The molecule has 0 radical (unpaired) electrons. The number of rotatable bonds is 4. The van der Waals surface area contributed by atoms with Crippen molar-refractivity contribution in [3.63, 3.8) is 0 Å². The minimum atomic E-state index is -0.814. The quantitative estimate of drug-likeness (QED) is 0.509. The third kappa shape index (κ3) is 3.94. The molecule has 3 N–H and O–H groups in total. The van der Waals surface area contributed by atoms with E-state index in [9.17, 15) is 13.6 Å². The molecule has 3 aromatic rings. The number of hydrogen-bond donors (Lipinski definition) is 3. The van der Waals surface area contributed by atoms with Gasteiger partial charge in [-0.25, -0.2) is 13.9 Å². The number of aromatic nitrogens is 3. The maximum Gasteiger partial charge on any atom is 0.307 e. The van der Waals surface area contributed by atoms with Crippen molar-refractivity contribution in [3.8, 4) is 6.07 Å². The van der Waals surface area contributed by atoms with E-state index in [4.69, 9.17) is 5.26 Å². The standard InChI is InChI=1S/C16H9F2IN6O/c17-11-5-9(19)6-12(18)13(11)22-16-23-14(15(26)24-25-16)21-10-3-1-8(7-20)2-4-10/h1-6H,(H,24,26)(H2,21,22,23,25). The SMILES string of the molecule is N#Cc1ccc(Nc2nc(Nc3c(F)cc(I)cc3F)n[nH]c2=O)cc1. The predicted molar refractivity (Wildman–Crippen MR) is 99.5 cm³/mol. The van der Waals surface area contributed by atoms with Gasteiger partial charge in [-0.15, -0.1) is 5.10 Å². The van der Waals surface area contributed by atoms with Crippen LogP contribution >= 0.6 is 22.6 Å². The zero-order valence-corrected chi connectivity index (χ0v) is 15.0. The molecule has 3 rings (SSSR count). The molecule has 0 fully saturated rings.